The number of rotatable bonds is 3. The van der Waals surface area contributed by atoms with E-state index in [0.29, 0.717) is 17.4 Å². The monoisotopic (exact) mass is 316 g/mol. The Bertz CT molecular complexity index is 465. The van der Waals surface area contributed by atoms with Crippen molar-refractivity contribution in [1.82, 2.24) is 0 Å². The number of nitrogens with two attached hydrogens (primary N) is 1. The number of carbonyl (C=O) groups is 1. The third-order valence-corrected chi connectivity index (χ3v) is 4.28. The average molecular weight is 317 g/mol. The van der Waals surface area contributed by atoms with Gasteiger partial charge in [-0.05, 0) is 43.4 Å². The summed E-state index contributed by atoms with van der Waals surface area (Å²) in [5.41, 5.74) is 7.83. The number of carbonyl (C=O) groups excluding carboxylic acids is 1. The molecule has 1 aliphatic carbocycles. The van der Waals surface area contributed by atoms with Crippen molar-refractivity contribution in [3.8, 4) is 0 Å². The second-order valence-corrected chi connectivity index (χ2v) is 5.83. The topological polar surface area (TPSA) is 55.1 Å². The van der Waals surface area contributed by atoms with E-state index in [-0.39, 0.29) is 24.4 Å². The van der Waals surface area contributed by atoms with Gasteiger partial charge < -0.3 is 11.1 Å². The maximum atomic E-state index is 12.0. The Morgan fingerprint density at radius 1 is 1.40 bits per heavy atom. The summed E-state index contributed by atoms with van der Waals surface area (Å²) in [5, 5.41) is 3.57. The van der Waals surface area contributed by atoms with Crippen LogP contribution in [-0.4, -0.2) is 11.9 Å². The fourth-order valence-electron chi connectivity index (χ4n) is 2.61. The normalized spacial score (nSPS) is 21.9. The molecule has 0 spiro atoms. The summed E-state index contributed by atoms with van der Waals surface area (Å²) in [7, 11) is 0. The molecule has 5 heteroatoms. The van der Waals surface area contributed by atoms with E-state index in [1.54, 1.807) is 6.07 Å². The van der Waals surface area contributed by atoms with Crippen molar-refractivity contribution in [2.24, 2.45) is 11.7 Å². The fraction of sp³-hybridized carbons (Fsp3) is 0.533. The quantitative estimate of drug-likeness (QED) is 0.888. The molecule has 0 bridgehead atoms. The molecule has 1 aliphatic rings. The van der Waals surface area contributed by atoms with Crippen molar-refractivity contribution in [3.63, 3.8) is 0 Å². The lowest BCUT2D eigenvalue weighted by Crippen LogP contribution is -2.35. The van der Waals surface area contributed by atoms with Gasteiger partial charge in [-0.15, -0.1) is 12.4 Å². The van der Waals surface area contributed by atoms with E-state index in [0.717, 1.165) is 24.1 Å². The molecular formula is C15H22Cl2N2O. The number of halogens is 2. The molecule has 2 rings (SSSR count). The van der Waals surface area contributed by atoms with Crippen LogP contribution < -0.4 is 11.1 Å². The molecule has 2 atom stereocenters. The van der Waals surface area contributed by atoms with Crippen LogP contribution in [0.15, 0.2) is 18.2 Å². The summed E-state index contributed by atoms with van der Waals surface area (Å²) < 4.78 is 0. The highest BCUT2D eigenvalue weighted by Gasteiger charge is 2.24. The standard InChI is InChI=1S/C15H21ClN2O.ClH/c1-10-6-7-12(9-13(10)16)18-15(19)8-11-4-2-3-5-14(11)17;/h6-7,9,11,14H,2-5,8,17H2,1H3,(H,18,19);1H. The summed E-state index contributed by atoms with van der Waals surface area (Å²) in [6.07, 6.45) is 4.97. The fourth-order valence-corrected chi connectivity index (χ4v) is 2.79. The highest BCUT2D eigenvalue weighted by molar-refractivity contribution is 6.31. The second kappa shape index (κ2) is 7.87. The van der Waals surface area contributed by atoms with Gasteiger partial charge >= 0.3 is 0 Å². The Morgan fingerprint density at radius 3 is 2.75 bits per heavy atom. The van der Waals surface area contributed by atoms with Gasteiger partial charge in [0.2, 0.25) is 5.91 Å². The summed E-state index contributed by atoms with van der Waals surface area (Å²) in [6, 6.07) is 5.74. The predicted octanol–water partition coefficient (Wildman–Crippen LogP) is 3.92. The minimum atomic E-state index is 0. The van der Waals surface area contributed by atoms with Crippen molar-refractivity contribution in [2.45, 2.75) is 45.1 Å². The molecule has 1 fully saturated rings. The first-order chi connectivity index (χ1) is 9.06. The van der Waals surface area contributed by atoms with Crippen molar-refractivity contribution >= 4 is 35.6 Å². The minimum absolute atomic E-state index is 0. The van der Waals surface area contributed by atoms with E-state index in [2.05, 4.69) is 5.32 Å². The zero-order valence-electron chi connectivity index (χ0n) is 11.7. The van der Waals surface area contributed by atoms with Crippen LogP contribution in [0.25, 0.3) is 0 Å². The zero-order valence-corrected chi connectivity index (χ0v) is 13.3. The van der Waals surface area contributed by atoms with Crippen molar-refractivity contribution in [3.05, 3.63) is 28.8 Å². The minimum Gasteiger partial charge on any atom is -0.327 e. The number of aryl methyl sites for hydroxylation is 1. The van der Waals surface area contributed by atoms with Crippen molar-refractivity contribution in [2.75, 3.05) is 5.32 Å². The van der Waals surface area contributed by atoms with E-state index >= 15 is 0 Å². The van der Waals surface area contributed by atoms with E-state index in [1.807, 2.05) is 19.1 Å². The maximum Gasteiger partial charge on any atom is 0.224 e. The van der Waals surface area contributed by atoms with Crippen LogP contribution in [0.5, 0.6) is 0 Å². The molecule has 1 aromatic carbocycles. The summed E-state index contributed by atoms with van der Waals surface area (Å²) in [5.74, 6) is 0.344. The van der Waals surface area contributed by atoms with E-state index in [4.69, 9.17) is 17.3 Å². The van der Waals surface area contributed by atoms with Gasteiger partial charge in [-0.2, -0.15) is 0 Å². The van der Waals surface area contributed by atoms with Crippen LogP contribution in [0.3, 0.4) is 0 Å². The number of amides is 1. The number of hydrogen-bond acceptors (Lipinski definition) is 2. The first-order valence-corrected chi connectivity index (χ1v) is 7.25. The highest BCUT2D eigenvalue weighted by Crippen LogP contribution is 2.26. The highest BCUT2D eigenvalue weighted by atomic mass is 35.5. The van der Waals surface area contributed by atoms with Gasteiger partial charge in [0.1, 0.15) is 0 Å². The summed E-state index contributed by atoms with van der Waals surface area (Å²) >= 11 is 6.04. The molecule has 1 saturated carbocycles. The molecule has 0 aromatic heterocycles. The SMILES string of the molecule is Cc1ccc(NC(=O)CC2CCCCC2N)cc1Cl.Cl. The van der Waals surface area contributed by atoms with E-state index < -0.39 is 0 Å². The van der Waals surface area contributed by atoms with Crippen LogP contribution >= 0.6 is 24.0 Å². The van der Waals surface area contributed by atoms with Crippen LogP contribution in [-0.2, 0) is 4.79 Å². The van der Waals surface area contributed by atoms with Crippen molar-refractivity contribution < 1.29 is 4.79 Å². The van der Waals surface area contributed by atoms with Gasteiger partial charge in [0.05, 0.1) is 0 Å². The van der Waals surface area contributed by atoms with Gasteiger partial charge in [-0.3, -0.25) is 4.79 Å². The van der Waals surface area contributed by atoms with Gasteiger partial charge in [0.25, 0.3) is 0 Å². The Hall–Kier alpha value is -0.770. The van der Waals surface area contributed by atoms with Crippen LogP contribution in [0.4, 0.5) is 5.69 Å². The van der Waals surface area contributed by atoms with Crippen LogP contribution in [0.1, 0.15) is 37.7 Å². The molecule has 0 heterocycles. The molecule has 3 N–H and O–H groups in total. The lowest BCUT2D eigenvalue weighted by molar-refractivity contribution is -0.117. The molecule has 3 nitrogen and oxygen atoms in total. The molecule has 0 aliphatic heterocycles. The first kappa shape index (κ1) is 17.3. The molecule has 1 amide bonds. The van der Waals surface area contributed by atoms with Gasteiger partial charge in [0.15, 0.2) is 0 Å². The maximum absolute atomic E-state index is 12.0. The molecule has 0 saturated heterocycles. The molecule has 0 radical (unpaired) electrons. The van der Waals surface area contributed by atoms with Crippen LogP contribution in [0.2, 0.25) is 5.02 Å². The second-order valence-electron chi connectivity index (χ2n) is 5.42. The molecule has 2 unspecified atom stereocenters. The summed E-state index contributed by atoms with van der Waals surface area (Å²) in [6.45, 7) is 1.94. The van der Waals surface area contributed by atoms with Crippen molar-refractivity contribution in [1.29, 1.82) is 0 Å². The average Bonchev–Trinajstić information content (AvgIpc) is 2.37. The van der Waals surface area contributed by atoms with E-state index in [1.165, 1.54) is 12.8 Å². The number of anilines is 1. The Balaban J connectivity index is 0.00000200. The largest absolute Gasteiger partial charge is 0.327 e. The third kappa shape index (κ3) is 4.65. The zero-order chi connectivity index (χ0) is 13.8. The Kier molecular flexibility index (Phi) is 6.80. The van der Waals surface area contributed by atoms with Gasteiger partial charge in [-0.1, -0.05) is 30.5 Å². The predicted molar refractivity (Wildman–Crippen MR) is 86.6 cm³/mol. The third-order valence-electron chi connectivity index (χ3n) is 3.87. The molecule has 20 heavy (non-hydrogen) atoms. The lowest BCUT2D eigenvalue weighted by atomic mass is 9.83. The Morgan fingerprint density at radius 2 is 2.10 bits per heavy atom. The lowest BCUT2D eigenvalue weighted by Gasteiger charge is -2.27. The van der Waals surface area contributed by atoms with Gasteiger partial charge in [0, 0.05) is 23.2 Å². The number of benzene rings is 1. The number of hydrogen-bond donors (Lipinski definition) is 2. The molecule has 1 aromatic rings. The first-order valence-electron chi connectivity index (χ1n) is 6.88. The van der Waals surface area contributed by atoms with Gasteiger partial charge in [-0.25, -0.2) is 0 Å². The smallest absolute Gasteiger partial charge is 0.224 e. The van der Waals surface area contributed by atoms with Crippen LogP contribution in [0, 0.1) is 12.8 Å². The molecular weight excluding hydrogens is 295 g/mol. The number of nitrogens with one attached hydrogen (secondary N) is 1. The summed E-state index contributed by atoms with van der Waals surface area (Å²) in [4.78, 5) is 12.0. The molecule has 112 valence electrons. The van der Waals surface area contributed by atoms with E-state index in [9.17, 15) is 4.79 Å². The Labute approximate surface area is 131 Å².